The van der Waals surface area contributed by atoms with Crippen molar-refractivity contribution >= 4 is 5.91 Å². The summed E-state index contributed by atoms with van der Waals surface area (Å²) in [5, 5.41) is 6.79. The molecule has 8 nitrogen and oxygen atoms in total. The number of hydrogen-bond acceptors (Lipinski definition) is 6. The Morgan fingerprint density at radius 1 is 1.28 bits per heavy atom. The van der Waals surface area contributed by atoms with Crippen LogP contribution in [-0.2, 0) is 7.05 Å². The molecule has 0 radical (unpaired) electrons. The first kappa shape index (κ1) is 16.7. The molecule has 130 valence electrons. The predicted octanol–water partition coefficient (Wildman–Crippen LogP) is 2.16. The number of aromatic nitrogens is 3. The fraction of sp³-hybridized carbons (Fsp3) is 0.294. The van der Waals surface area contributed by atoms with Crippen LogP contribution >= 0.6 is 0 Å². The summed E-state index contributed by atoms with van der Waals surface area (Å²) in [6, 6.07) is 5.82. The molecule has 0 bridgehead atoms. The second-order valence-electron chi connectivity index (χ2n) is 6.00. The first-order valence-electron chi connectivity index (χ1n) is 7.80. The van der Waals surface area contributed by atoms with Crippen LogP contribution in [0.25, 0.3) is 11.4 Å². The van der Waals surface area contributed by atoms with Crippen LogP contribution in [0.2, 0.25) is 0 Å². The molecule has 3 aromatic rings. The van der Waals surface area contributed by atoms with Crippen molar-refractivity contribution in [3.8, 4) is 11.4 Å². The van der Waals surface area contributed by atoms with E-state index in [1.165, 1.54) is 16.9 Å². The van der Waals surface area contributed by atoms with Crippen molar-refractivity contribution in [1.82, 2.24) is 20.0 Å². The smallest absolute Gasteiger partial charge is 0.287 e. The highest BCUT2D eigenvalue weighted by atomic mass is 16.5. The molecular formula is C17H18N4O4. The third-order valence-corrected chi connectivity index (χ3v) is 3.75. The summed E-state index contributed by atoms with van der Waals surface area (Å²) in [6.45, 7) is 3.87. The van der Waals surface area contributed by atoms with Gasteiger partial charge in [-0.25, -0.2) is 0 Å². The molecule has 25 heavy (non-hydrogen) atoms. The average molecular weight is 342 g/mol. The highest BCUT2D eigenvalue weighted by molar-refractivity contribution is 5.91. The SMILES string of the molecule is CC(C)[C@H](NC(=O)c1ccco1)c1nc(-c2ccc(=O)n(C)c2)no1. The number of hydrogen-bond donors (Lipinski definition) is 1. The summed E-state index contributed by atoms with van der Waals surface area (Å²) < 4.78 is 11.9. The lowest BCUT2D eigenvalue weighted by Gasteiger charge is -2.17. The molecule has 3 aromatic heterocycles. The van der Waals surface area contributed by atoms with Gasteiger partial charge in [-0.3, -0.25) is 9.59 Å². The predicted molar refractivity (Wildman–Crippen MR) is 88.7 cm³/mol. The molecule has 0 saturated heterocycles. The molecule has 0 aliphatic carbocycles. The molecule has 0 saturated carbocycles. The summed E-state index contributed by atoms with van der Waals surface area (Å²) in [5.74, 6) is 0.517. The maximum Gasteiger partial charge on any atom is 0.287 e. The third-order valence-electron chi connectivity index (χ3n) is 3.75. The number of rotatable bonds is 5. The Kier molecular flexibility index (Phi) is 4.51. The quantitative estimate of drug-likeness (QED) is 0.762. The van der Waals surface area contributed by atoms with Gasteiger partial charge < -0.3 is 18.8 Å². The minimum atomic E-state index is -0.466. The number of furan rings is 1. The van der Waals surface area contributed by atoms with Gasteiger partial charge in [-0.2, -0.15) is 4.98 Å². The highest BCUT2D eigenvalue weighted by Gasteiger charge is 2.26. The minimum absolute atomic E-state index is 0.0207. The van der Waals surface area contributed by atoms with Gasteiger partial charge in [-0.1, -0.05) is 19.0 Å². The Bertz CT molecular complexity index is 924. The maximum atomic E-state index is 12.2. The molecule has 0 aromatic carbocycles. The van der Waals surface area contributed by atoms with Crippen molar-refractivity contribution in [1.29, 1.82) is 0 Å². The molecule has 8 heteroatoms. The van der Waals surface area contributed by atoms with E-state index in [9.17, 15) is 9.59 Å². The van der Waals surface area contributed by atoms with E-state index in [1.54, 1.807) is 31.4 Å². The van der Waals surface area contributed by atoms with Crippen LogP contribution in [0.1, 0.15) is 36.3 Å². The molecule has 0 fully saturated rings. The van der Waals surface area contributed by atoms with Crippen LogP contribution in [0, 0.1) is 5.92 Å². The van der Waals surface area contributed by atoms with E-state index in [2.05, 4.69) is 15.5 Å². The van der Waals surface area contributed by atoms with E-state index in [-0.39, 0.29) is 23.1 Å². The first-order chi connectivity index (χ1) is 12.0. The van der Waals surface area contributed by atoms with Crippen molar-refractivity contribution in [2.75, 3.05) is 0 Å². The van der Waals surface area contributed by atoms with E-state index in [1.807, 2.05) is 13.8 Å². The molecule has 0 aliphatic rings. The second-order valence-corrected chi connectivity index (χ2v) is 6.00. The number of carbonyl (C=O) groups is 1. The fourth-order valence-corrected chi connectivity index (χ4v) is 2.34. The van der Waals surface area contributed by atoms with Gasteiger partial charge in [0.1, 0.15) is 6.04 Å². The summed E-state index contributed by atoms with van der Waals surface area (Å²) in [5.41, 5.74) is 0.523. The van der Waals surface area contributed by atoms with Crippen LogP contribution in [0.4, 0.5) is 0 Å². The summed E-state index contributed by atoms with van der Waals surface area (Å²) in [6.07, 6.45) is 3.06. The Morgan fingerprint density at radius 2 is 2.08 bits per heavy atom. The molecule has 1 N–H and O–H groups in total. The standard InChI is InChI=1S/C17H18N4O4/c1-10(2)14(18-16(23)12-5-4-8-24-12)17-19-15(20-25-17)11-6-7-13(22)21(3)9-11/h4-10,14H,1-3H3,(H,18,23)/t14-/m0/s1. The van der Waals surface area contributed by atoms with Crippen LogP contribution in [-0.4, -0.2) is 20.6 Å². The molecule has 3 rings (SSSR count). The number of nitrogens with one attached hydrogen (secondary N) is 1. The van der Waals surface area contributed by atoms with Crippen LogP contribution in [0.5, 0.6) is 0 Å². The van der Waals surface area contributed by atoms with Gasteiger partial charge in [0.05, 0.1) is 6.26 Å². The minimum Gasteiger partial charge on any atom is -0.459 e. The zero-order valence-electron chi connectivity index (χ0n) is 14.1. The van der Waals surface area contributed by atoms with Crippen molar-refractivity contribution in [3.05, 3.63) is 58.7 Å². The van der Waals surface area contributed by atoms with Gasteiger partial charge in [0, 0.05) is 24.9 Å². The number of pyridine rings is 1. The van der Waals surface area contributed by atoms with Gasteiger partial charge >= 0.3 is 0 Å². The summed E-state index contributed by atoms with van der Waals surface area (Å²) >= 11 is 0. The van der Waals surface area contributed by atoms with Crippen molar-refractivity contribution < 1.29 is 13.7 Å². The summed E-state index contributed by atoms with van der Waals surface area (Å²) in [7, 11) is 1.65. The van der Waals surface area contributed by atoms with Crippen LogP contribution in [0.3, 0.4) is 0 Å². The number of nitrogens with zero attached hydrogens (tertiary/aromatic N) is 3. The van der Waals surface area contributed by atoms with Gasteiger partial charge in [0.15, 0.2) is 5.76 Å². The average Bonchev–Trinajstić information content (AvgIpc) is 3.26. The van der Waals surface area contributed by atoms with E-state index >= 15 is 0 Å². The van der Waals surface area contributed by atoms with Crippen LogP contribution in [0.15, 0.2) is 50.5 Å². The maximum absolute atomic E-state index is 12.2. The molecule has 0 unspecified atom stereocenters. The fourth-order valence-electron chi connectivity index (χ4n) is 2.34. The number of aryl methyl sites for hydroxylation is 1. The molecule has 0 spiro atoms. The second kappa shape index (κ2) is 6.76. The first-order valence-corrected chi connectivity index (χ1v) is 7.80. The van der Waals surface area contributed by atoms with Crippen molar-refractivity contribution in [2.24, 2.45) is 13.0 Å². The lowest BCUT2D eigenvalue weighted by atomic mass is 10.0. The number of amides is 1. The molecule has 1 amide bonds. The van der Waals surface area contributed by atoms with Gasteiger partial charge in [-0.15, -0.1) is 0 Å². The Balaban J connectivity index is 1.85. The summed E-state index contributed by atoms with van der Waals surface area (Å²) in [4.78, 5) is 28.1. The zero-order chi connectivity index (χ0) is 18.0. The zero-order valence-corrected chi connectivity index (χ0v) is 14.1. The molecule has 3 heterocycles. The topological polar surface area (TPSA) is 103 Å². The lowest BCUT2D eigenvalue weighted by Crippen LogP contribution is -2.31. The van der Waals surface area contributed by atoms with E-state index < -0.39 is 6.04 Å². The van der Waals surface area contributed by atoms with Crippen molar-refractivity contribution in [2.45, 2.75) is 19.9 Å². The Labute approximate surface area is 143 Å². The van der Waals surface area contributed by atoms with Gasteiger partial charge in [0.2, 0.25) is 17.3 Å². The van der Waals surface area contributed by atoms with Crippen molar-refractivity contribution in [3.63, 3.8) is 0 Å². The highest BCUT2D eigenvalue weighted by Crippen LogP contribution is 2.23. The molecule has 1 atom stereocenters. The van der Waals surface area contributed by atoms with Crippen LogP contribution < -0.4 is 10.9 Å². The van der Waals surface area contributed by atoms with E-state index in [0.29, 0.717) is 17.3 Å². The monoisotopic (exact) mass is 342 g/mol. The Hall–Kier alpha value is -3.16. The largest absolute Gasteiger partial charge is 0.459 e. The van der Waals surface area contributed by atoms with Gasteiger partial charge in [-0.05, 0) is 24.1 Å². The number of carbonyl (C=O) groups excluding carboxylic acids is 1. The lowest BCUT2D eigenvalue weighted by molar-refractivity contribution is 0.0885. The van der Waals surface area contributed by atoms with Gasteiger partial charge in [0.25, 0.3) is 5.91 Å². The van der Waals surface area contributed by atoms with E-state index in [0.717, 1.165) is 0 Å². The normalized spacial score (nSPS) is 12.3. The molecular weight excluding hydrogens is 324 g/mol. The van der Waals surface area contributed by atoms with E-state index in [4.69, 9.17) is 8.94 Å². The third kappa shape index (κ3) is 3.52. The molecule has 0 aliphatic heterocycles. The Morgan fingerprint density at radius 3 is 2.72 bits per heavy atom.